The molecule has 0 unspecified atom stereocenters. The summed E-state index contributed by atoms with van der Waals surface area (Å²) in [5, 5.41) is 33.1. The molecule has 14 nitrogen and oxygen atoms in total. The van der Waals surface area contributed by atoms with Crippen LogP contribution in [-0.4, -0.2) is 67.6 Å². The molecule has 5 rings (SSSR count). The zero-order valence-corrected chi connectivity index (χ0v) is 21.4. The van der Waals surface area contributed by atoms with Gasteiger partial charge < -0.3 is 25.8 Å². The number of oxime groups is 1. The summed E-state index contributed by atoms with van der Waals surface area (Å²) in [5.41, 5.74) is 7.24. The number of amides is 2. The topological polar surface area (TPSA) is 196 Å². The summed E-state index contributed by atoms with van der Waals surface area (Å²) in [6.07, 6.45) is 0. The maximum atomic E-state index is 13.1. The lowest BCUT2D eigenvalue weighted by Gasteiger charge is -2.50. The Kier molecular flexibility index (Phi) is 6.70. The maximum absolute atomic E-state index is 13.1. The second-order valence-corrected chi connectivity index (χ2v) is 10.1. The summed E-state index contributed by atoms with van der Waals surface area (Å²) in [6.45, 7) is 0.0866. The molecule has 2 atom stereocenters. The third kappa shape index (κ3) is 4.31. The lowest BCUT2D eigenvalue weighted by atomic mass is 10.0. The van der Waals surface area contributed by atoms with Gasteiger partial charge in [0.2, 0.25) is 0 Å². The number of carboxylic acids is 1. The Morgan fingerprint density at radius 2 is 2.21 bits per heavy atom. The molecule has 1 aromatic carbocycles. The van der Waals surface area contributed by atoms with Crippen LogP contribution in [0.5, 0.6) is 0 Å². The fourth-order valence-electron chi connectivity index (χ4n) is 4.30. The van der Waals surface area contributed by atoms with E-state index < -0.39 is 29.2 Å². The van der Waals surface area contributed by atoms with Crippen LogP contribution < -0.4 is 20.8 Å². The second kappa shape index (κ2) is 10.1. The zero-order valence-electron chi connectivity index (χ0n) is 19.7. The first-order valence-corrected chi connectivity index (χ1v) is 13.0. The van der Waals surface area contributed by atoms with Crippen molar-refractivity contribution in [3.05, 3.63) is 46.6 Å². The highest BCUT2D eigenvalue weighted by molar-refractivity contribution is 8.00. The zero-order chi connectivity index (χ0) is 27.0. The van der Waals surface area contributed by atoms with Gasteiger partial charge in [-0.05, 0) is 12.1 Å². The molecule has 4 heterocycles. The maximum Gasteiger partial charge on any atom is 0.276 e. The Hall–Kier alpha value is -4.49. The molecule has 16 heteroatoms. The summed E-state index contributed by atoms with van der Waals surface area (Å²) < 4.78 is 3.10. The number of carboxylic acid groups (broad SMARTS) is 1. The van der Waals surface area contributed by atoms with Crippen LogP contribution in [0.1, 0.15) is 5.69 Å². The summed E-state index contributed by atoms with van der Waals surface area (Å²) in [4.78, 5) is 48.1. The molecular weight excluding hydrogens is 534 g/mol. The Labute approximate surface area is 222 Å². The third-order valence-corrected chi connectivity index (χ3v) is 7.92. The van der Waals surface area contributed by atoms with Gasteiger partial charge in [0.1, 0.15) is 36.8 Å². The van der Waals surface area contributed by atoms with Crippen molar-refractivity contribution >= 4 is 62.8 Å². The van der Waals surface area contributed by atoms with Crippen molar-refractivity contribution in [2.75, 3.05) is 18.6 Å². The molecule has 2 aromatic heterocycles. The monoisotopic (exact) mass is 553 g/mol. The number of nitriles is 1. The number of benzene rings is 1. The van der Waals surface area contributed by atoms with Crippen LogP contribution in [0.25, 0.3) is 11.0 Å². The van der Waals surface area contributed by atoms with Crippen LogP contribution in [0.15, 0.2) is 46.1 Å². The van der Waals surface area contributed by atoms with E-state index in [1.54, 1.807) is 4.68 Å². The molecule has 3 N–H and O–H groups in total. The van der Waals surface area contributed by atoms with Crippen molar-refractivity contribution in [1.82, 2.24) is 25.1 Å². The molecule has 1 fully saturated rings. The number of rotatable bonds is 8. The largest absolute Gasteiger partial charge is 0.543 e. The molecule has 38 heavy (non-hydrogen) atoms. The fraction of sp³-hybridized carbons (Fsp3) is 0.273. The predicted molar refractivity (Wildman–Crippen MR) is 133 cm³/mol. The lowest BCUT2D eigenvalue weighted by Crippen LogP contribution is -2.71. The Morgan fingerprint density at radius 1 is 1.42 bits per heavy atom. The average Bonchev–Trinajstić information content (AvgIpc) is 3.49. The van der Waals surface area contributed by atoms with Gasteiger partial charge in [-0.2, -0.15) is 5.26 Å². The number of carbonyl (C=O) groups is 3. The third-order valence-electron chi connectivity index (χ3n) is 5.90. The van der Waals surface area contributed by atoms with Gasteiger partial charge in [0.25, 0.3) is 11.8 Å². The summed E-state index contributed by atoms with van der Waals surface area (Å²) in [5.74, 6) is -2.58. The van der Waals surface area contributed by atoms with E-state index in [-0.39, 0.29) is 41.1 Å². The van der Waals surface area contributed by atoms with Crippen LogP contribution in [0.2, 0.25) is 0 Å². The first-order chi connectivity index (χ1) is 18.3. The summed E-state index contributed by atoms with van der Waals surface area (Å²) in [6, 6.07) is 8.30. The summed E-state index contributed by atoms with van der Waals surface area (Å²) in [7, 11) is 1.26. The molecule has 2 aliphatic rings. The number of thiazole rings is 1. The molecule has 194 valence electrons. The number of hydrogen-bond acceptors (Lipinski definition) is 12. The normalized spacial score (nSPS) is 19.1. The van der Waals surface area contributed by atoms with Crippen LogP contribution in [0, 0.1) is 11.3 Å². The van der Waals surface area contributed by atoms with Crippen LogP contribution >= 0.6 is 23.1 Å². The Bertz CT molecular complexity index is 1570. The molecule has 0 bridgehead atoms. The van der Waals surface area contributed by atoms with Gasteiger partial charge in [-0.1, -0.05) is 17.3 Å². The Balaban J connectivity index is 1.39. The first kappa shape index (κ1) is 25.2. The van der Waals surface area contributed by atoms with Gasteiger partial charge in [-0.3, -0.25) is 14.5 Å². The van der Waals surface area contributed by atoms with E-state index in [0.717, 1.165) is 16.2 Å². The predicted octanol–water partition coefficient (Wildman–Crippen LogP) is -1.66. The van der Waals surface area contributed by atoms with Crippen molar-refractivity contribution in [3.63, 3.8) is 0 Å². The molecule has 1 saturated heterocycles. The Morgan fingerprint density at radius 3 is 2.89 bits per heavy atom. The molecule has 2 aliphatic heterocycles. The van der Waals surface area contributed by atoms with Gasteiger partial charge in [0.15, 0.2) is 28.4 Å². The molecule has 2 amide bonds. The van der Waals surface area contributed by atoms with Crippen LogP contribution in [0.3, 0.4) is 0 Å². The minimum atomic E-state index is -1.51. The minimum Gasteiger partial charge on any atom is -0.543 e. The number of para-hydroxylation sites is 2. The van der Waals surface area contributed by atoms with E-state index >= 15 is 0 Å². The van der Waals surface area contributed by atoms with Crippen molar-refractivity contribution in [3.8, 4) is 6.07 Å². The minimum absolute atomic E-state index is 0.0184. The van der Waals surface area contributed by atoms with Crippen molar-refractivity contribution in [1.29, 1.82) is 5.26 Å². The number of carbonyl (C=O) groups excluding carboxylic acids is 3. The van der Waals surface area contributed by atoms with Crippen LogP contribution in [-0.2, 0) is 32.3 Å². The van der Waals surface area contributed by atoms with Gasteiger partial charge in [-0.25, -0.2) is 4.98 Å². The van der Waals surface area contributed by atoms with E-state index in [1.165, 1.54) is 28.9 Å². The number of β-lactam (4-membered cyclic amide) rings is 1. The van der Waals surface area contributed by atoms with Gasteiger partial charge in [0, 0.05) is 16.7 Å². The van der Waals surface area contributed by atoms with Crippen molar-refractivity contribution in [2.45, 2.75) is 24.5 Å². The number of nitrogen functional groups attached to an aromatic ring is 1. The number of hydrogen-bond donors (Lipinski definition) is 2. The van der Waals surface area contributed by atoms with E-state index in [2.05, 4.69) is 20.7 Å². The van der Waals surface area contributed by atoms with E-state index in [1.807, 2.05) is 30.3 Å². The molecule has 3 aromatic rings. The molecule has 0 radical (unpaired) electrons. The number of nitrogens with two attached hydrogens (primary N) is 1. The molecular formula is C22H19N9O5S2. The SMILES string of the molecule is CO/N=C(\C(=O)N[C@@H]1C(=O)N2C(C(=O)[O-])=C(C[n+]3nn(CC#N)c4ccccc43)CS[C@H]12)c1csc(N)n1. The fourth-order valence-corrected chi connectivity index (χ4v) is 6.19. The van der Waals surface area contributed by atoms with Crippen molar-refractivity contribution in [2.24, 2.45) is 5.16 Å². The van der Waals surface area contributed by atoms with Gasteiger partial charge >= 0.3 is 0 Å². The van der Waals surface area contributed by atoms with E-state index in [0.29, 0.717) is 16.6 Å². The highest BCUT2D eigenvalue weighted by atomic mass is 32.2. The lowest BCUT2D eigenvalue weighted by molar-refractivity contribution is -0.725. The number of thioether (sulfide) groups is 1. The number of fused-ring (bicyclic) bond motifs is 2. The van der Waals surface area contributed by atoms with Gasteiger partial charge in [-0.15, -0.1) is 32.5 Å². The highest BCUT2D eigenvalue weighted by Crippen LogP contribution is 2.40. The molecule has 0 aliphatic carbocycles. The number of aliphatic carboxylic acids is 1. The second-order valence-electron chi connectivity index (χ2n) is 8.15. The smallest absolute Gasteiger partial charge is 0.276 e. The highest BCUT2D eigenvalue weighted by Gasteiger charge is 2.53. The van der Waals surface area contributed by atoms with E-state index in [9.17, 15) is 19.5 Å². The number of aromatic nitrogens is 4. The molecule has 0 saturated carbocycles. The van der Waals surface area contributed by atoms with Crippen molar-refractivity contribution < 1.29 is 29.0 Å². The number of nitrogens with one attached hydrogen (secondary N) is 1. The molecule has 0 spiro atoms. The quantitative estimate of drug-likeness (QED) is 0.141. The van der Waals surface area contributed by atoms with E-state index in [4.69, 9.17) is 15.8 Å². The summed E-state index contributed by atoms with van der Waals surface area (Å²) >= 11 is 2.41. The van der Waals surface area contributed by atoms with Crippen LogP contribution in [0.4, 0.5) is 5.13 Å². The number of anilines is 1. The first-order valence-electron chi connectivity index (χ1n) is 11.1. The van der Waals surface area contributed by atoms with Gasteiger partial charge in [0.05, 0.1) is 16.9 Å². The average molecular weight is 554 g/mol. The number of nitrogens with zero attached hydrogens (tertiary/aromatic N) is 7. The standard InChI is InChI=1S/C22H19N9O5S2/c1-36-27-15(12-10-38-22(24)25-12)18(32)26-16-19(33)31-17(21(34)35)11(9-37-20(16)31)8-30-14-5-3-2-4-13(14)29(28-30)7-6-23/h2-5,10,16,20H,7-9H2,1H3,(H3-,24,25,26,32,34,35)/b27-15-/t16-,20-/m1/s1.